The second kappa shape index (κ2) is 5.02. The lowest BCUT2D eigenvalue weighted by Crippen LogP contribution is -2.43. The second-order valence-electron chi connectivity index (χ2n) is 6.13. The Morgan fingerprint density at radius 1 is 1.28 bits per heavy atom. The largest absolute Gasteiger partial charge is 0.389 e. The van der Waals surface area contributed by atoms with Crippen LogP contribution in [0.25, 0.3) is 0 Å². The van der Waals surface area contributed by atoms with Crippen LogP contribution in [0.2, 0.25) is 0 Å². The predicted octanol–water partition coefficient (Wildman–Crippen LogP) is 2.79. The Morgan fingerprint density at radius 3 is 2.44 bits per heavy atom. The van der Waals surface area contributed by atoms with Crippen molar-refractivity contribution in [3.8, 4) is 0 Å². The molecule has 3 N–H and O–H groups in total. The van der Waals surface area contributed by atoms with Crippen LogP contribution >= 0.6 is 0 Å². The van der Waals surface area contributed by atoms with Gasteiger partial charge >= 0.3 is 0 Å². The van der Waals surface area contributed by atoms with E-state index in [1.54, 1.807) is 0 Å². The second-order valence-corrected chi connectivity index (χ2v) is 6.13. The van der Waals surface area contributed by atoms with Gasteiger partial charge in [-0.25, -0.2) is 0 Å². The van der Waals surface area contributed by atoms with Gasteiger partial charge in [-0.1, -0.05) is 17.7 Å². The Morgan fingerprint density at radius 2 is 1.89 bits per heavy atom. The molecule has 2 nitrogen and oxygen atoms in total. The van der Waals surface area contributed by atoms with Gasteiger partial charge in [-0.2, -0.15) is 0 Å². The van der Waals surface area contributed by atoms with E-state index in [2.05, 4.69) is 32.9 Å². The third-order valence-corrected chi connectivity index (χ3v) is 4.21. The zero-order chi connectivity index (χ0) is 13.3. The van der Waals surface area contributed by atoms with Crippen LogP contribution in [0.4, 0.5) is 0 Å². The van der Waals surface area contributed by atoms with Gasteiger partial charge in [-0.05, 0) is 63.1 Å². The van der Waals surface area contributed by atoms with Crippen molar-refractivity contribution in [3.05, 3.63) is 34.4 Å². The molecule has 1 aliphatic carbocycles. The molecular formula is C16H25NO. The maximum atomic E-state index is 10.7. The predicted molar refractivity (Wildman–Crippen MR) is 75.8 cm³/mol. The quantitative estimate of drug-likeness (QED) is 0.844. The average Bonchev–Trinajstić information content (AvgIpc) is 2.23. The van der Waals surface area contributed by atoms with Gasteiger partial charge in [0.2, 0.25) is 0 Å². The molecule has 0 bridgehead atoms. The number of aliphatic hydroxyl groups is 1. The van der Waals surface area contributed by atoms with Crippen LogP contribution in [-0.2, 0) is 6.42 Å². The van der Waals surface area contributed by atoms with E-state index in [9.17, 15) is 5.11 Å². The van der Waals surface area contributed by atoms with Gasteiger partial charge in [0.1, 0.15) is 0 Å². The summed E-state index contributed by atoms with van der Waals surface area (Å²) >= 11 is 0. The molecule has 0 spiro atoms. The van der Waals surface area contributed by atoms with E-state index in [0.29, 0.717) is 0 Å². The van der Waals surface area contributed by atoms with Crippen LogP contribution in [0.5, 0.6) is 0 Å². The highest BCUT2D eigenvalue weighted by atomic mass is 16.3. The summed E-state index contributed by atoms with van der Waals surface area (Å²) in [4.78, 5) is 0. The fraction of sp³-hybridized carbons (Fsp3) is 0.625. The molecule has 1 saturated carbocycles. The normalized spacial score (nSPS) is 28.4. The molecule has 1 aromatic rings. The van der Waals surface area contributed by atoms with Crippen molar-refractivity contribution in [2.24, 2.45) is 5.73 Å². The molecule has 2 unspecified atom stereocenters. The topological polar surface area (TPSA) is 46.2 Å². The van der Waals surface area contributed by atoms with E-state index in [1.807, 2.05) is 0 Å². The first kappa shape index (κ1) is 13.6. The fourth-order valence-electron chi connectivity index (χ4n) is 3.36. The van der Waals surface area contributed by atoms with Gasteiger partial charge < -0.3 is 10.8 Å². The van der Waals surface area contributed by atoms with Gasteiger partial charge in [0.25, 0.3) is 0 Å². The molecule has 0 saturated heterocycles. The zero-order valence-corrected chi connectivity index (χ0v) is 11.8. The van der Waals surface area contributed by atoms with Crippen molar-refractivity contribution < 1.29 is 5.11 Å². The Hall–Kier alpha value is -0.860. The number of nitrogens with two attached hydrogens (primary N) is 1. The molecule has 1 aromatic carbocycles. The molecule has 1 fully saturated rings. The molecule has 0 aliphatic heterocycles. The van der Waals surface area contributed by atoms with Crippen molar-refractivity contribution in [3.63, 3.8) is 0 Å². The third kappa shape index (κ3) is 2.93. The minimum Gasteiger partial charge on any atom is -0.389 e. The van der Waals surface area contributed by atoms with E-state index in [0.717, 1.165) is 32.1 Å². The van der Waals surface area contributed by atoms with E-state index >= 15 is 0 Å². The third-order valence-electron chi connectivity index (χ3n) is 4.21. The standard InChI is InChI=1S/C16H25NO/c1-11-7-12(2)15(13(3)8-11)10-16(18)6-4-5-14(17)9-16/h7-8,14,18H,4-6,9-10,17H2,1-3H3. The molecule has 0 aromatic heterocycles. The van der Waals surface area contributed by atoms with Crippen LogP contribution in [0.3, 0.4) is 0 Å². The first-order valence-corrected chi connectivity index (χ1v) is 6.94. The summed E-state index contributed by atoms with van der Waals surface area (Å²) in [5.41, 5.74) is 10.6. The van der Waals surface area contributed by atoms with Crippen LogP contribution in [-0.4, -0.2) is 16.7 Å². The molecule has 0 radical (unpaired) electrons. The van der Waals surface area contributed by atoms with Crippen molar-refractivity contribution >= 4 is 0 Å². The van der Waals surface area contributed by atoms with Crippen LogP contribution in [0.1, 0.15) is 47.9 Å². The molecule has 0 amide bonds. The zero-order valence-electron chi connectivity index (χ0n) is 11.8. The maximum Gasteiger partial charge on any atom is 0.0702 e. The van der Waals surface area contributed by atoms with E-state index in [4.69, 9.17) is 5.73 Å². The molecule has 2 rings (SSSR count). The van der Waals surface area contributed by atoms with Crippen molar-refractivity contribution in [2.45, 2.75) is 64.5 Å². The first-order chi connectivity index (χ1) is 8.39. The molecular weight excluding hydrogens is 222 g/mol. The Kier molecular flexibility index (Phi) is 3.79. The molecule has 18 heavy (non-hydrogen) atoms. The number of aryl methyl sites for hydroxylation is 3. The number of rotatable bonds is 2. The van der Waals surface area contributed by atoms with E-state index in [1.165, 1.54) is 22.3 Å². The summed E-state index contributed by atoms with van der Waals surface area (Å²) in [5.74, 6) is 0. The van der Waals surface area contributed by atoms with Gasteiger partial charge in [-0.15, -0.1) is 0 Å². The smallest absolute Gasteiger partial charge is 0.0702 e. The summed E-state index contributed by atoms with van der Waals surface area (Å²) < 4.78 is 0. The van der Waals surface area contributed by atoms with Crippen LogP contribution < -0.4 is 5.73 Å². The lowest BCUT2D eigenvalue weighted by Gasteiger charge is -2.36. The Labute approximate surface area is 110 Å². The van der Waals surface area contributed by atoms with Crippen LogP contribution in [0.15, 0.2) is 12.1 Å². The highest BCUT2D eigenvalue weighted by molar-refractivity contribution is 5.38. The summed E-state index contributed by atoms with van der Waals surface area (Å²) in [6, 6.07) is 4.57. The lowest BCUT2D eigenvalue weighted by molar-refractivity contribution is -0.00216. The van der Waals surface area contributed by atoms with Crippen molar-refractivity contribution in [1.82, 2.24) is 0 Å². The molecule has 2 heteroatoms. The van der Waals surface area contributed by atoms with Crippen molar-refractivity contribution in [2.75, 3.05) is 0 Å². The Bertz CT molecular complexity index is 418. The molecule has 0 heterocycles. The monoisotopic (exact) mass is 247 g/mol. The highest BCUT2D eigenvalue weighted by Gasteiger charge is 2.33. The SMILES string of the molecule is Cc1cc(C)c(CC2(O)CCCC(N)C2)c(C)c1. The molecule has 2 atom stereocenters. The van der Waals surface area contributed by atoms with E-state index < -0.39 is 5.60 Å². The number of benzene rings is 1. The van der Waals surface area contributed by atoms with E-state index in [-0.39, 0.29) is 6.04 Å². The summed E-state index contributed by atoms with van der Waals surface area (Å²) in [7, 11) is 0. The Balaban J connectivity index is 2.23. The average molecular weight is 247 g/mol. The summed E-state index contributed by atoms with van der Waals surface area (Å²) in [5, 5.41) is 10.7. The highest BCUT2D eigenvalue weighted by Crippen LogP contribution is 2.32. The summed E-state index contributed by atoms with van der Waals surface area (Å²) in [6.45, 7) is 6.40. The minimum absolute atomic E-state index is 0.162. The van der Waals surface area contributed by atoms with Gasteiger partial charge in [0, 0.05) is 12.5 Å². The van der Waals surface area contributed by atoms with Gasteiger partial charge in [0.05, 0.1) is 5.60 Å². The molecule has 100 valence electrons. The summed E-state index contributed by atoms with van der Waals surface area (Å²) in [6.07, 6.45) is 4.46. The fourth-order valence-corrected chi connectivity index (χ4v) is 3.36. The van der Waals surface area contributed by atoms with Gasteiger partial charge in [0.15, 0.2) is 0 Å². The maximum absolute atomic E-state index is 10.7. The number of hydrogen-bond donors (Lipinski definition) is 2. The van der Waals surface area contributed by atoms with Crippen LogP contribution in [0, 0.1) is 20.8 Å². The lowest BCUT2D eigenvalue weighted by atomic mass is 9.77. The number of hydrogen-bond acceptors (Lipinski definition) is 2. The molecule has 1 aliphatic rings. The minimum atomic E-state index is -0.595. The van der Waals surface area contributed by atoms with Gasteiger partial charge in [-0.3, -0.25) is 0 Å². The van der Waals surface area contributed by atoms with Crippen molar-refractivity contribution in [1.29, 1.82) is 0 Å². The first-order valence-electron chi connectivity index (χ1n) is 6.94.